The summed E-state index contributed by atoms with van der Waals surface area (Å²) in [7, 11) is 2.48. The Labute approximate surface area is 289 Å². The van der Waals surface area contributed by atoms with E-state index in [1.54, 1.807) is 33.7 Å². The minimum Gasteiger partial charge on any atom is -0.453 e. The molecule has 4 N–H and O–H groups in total. The first-order valence-corrected chi connectivity index (χ1v) is 17.3. The zero-order chi connectivity index (χ0) is 35.2. The van der Waals surface area contributed by atoms with Gasteiger partial charge in [0.05, 0.1) is 25.5 Å². The molecule has 3 saturated heterocycles. The van der Waals surface area contributed by atoms with E-state index in [4.69, 9.17) is 0 Å². The molecule has 3 fully saturated rings. The third-order valence-electron chi connectivity index (χ3n) is 9.03. The maximum atomic E-state index is 13.2. The highest BCUT2D eigenvalue weighted by atomic mass is 32.2. The molecule has 0 bridgehead atoms. The van der Waals surface area contributed by atoms with E-state index in [2.05, 4.69) is 30.7 Å². The van der Waals surface area contributed by atoms with Crippen LogP contribution in [-0.4, -0.2) is 102 Å². The number of methoxy groups -OCH3 is 2. The molecule has 5 atom stereocenters. The van der Waals surface area contributed by atoms with Crippen molar-refractivity contribution >= 4 is 59.0 Å². The van der Waals surface area contributed by atoms with Gasteiger partial charge in [-0.3, -0.25) is 19.2 Å². The molecule has 15 heteroatoms. The van der Waals surface area contributed by atoms with Crippen LogP contribution < -0.4 is 21.3 Å². The third-order valence-corrected chi connectivity index (χ3v) is 10.4. The lowest BCUT2D eigenvalue weighted by Crippen LogP contribution is -2.58. The predicted octanol–water partition coefficient (Wildman–Crippen LogP) is 3.25. The Kier molecular flexibility index (Phi) is 11.3. The van der Waals surface area contributed by atoms with Gasteiger partial charge in [0.25, 0.3) is 0 Å². The van der Waals surface area contributed by atoms with Gasteiger partial charge in [0, 0.05) is 30.2 Å². The summed E-state index contributed by atoms with van der Waals surface area (Å²) in [5, 5.41) is 10.9. The summed E-state index contributed by atoms with van der Waals surface area (Å²) in [5.41, 5.74) is 3.02. The highest BCUT2D eigenvalue weighted by Crippen LogP contribution is 2.37. The van der Waals surface area contributed by atoms with Crippen LogP contribution in [0, 0.1) is 11.8 Å². The van der Waals surface area contributed by atoms with Crippen LogP contribution in [0.3, 0.4) is 0 Å². The number of rotatable bonds is 9. The van der Waals surface area contributed by atoms with E-state index in [0.717, 1.165) is 11.1 Å². The number of nitrogens with zero attached hydrogens (tertiary/aromatic N) is 2. The van der Waals surface area contributed by atoms with E-state index in [9.17, 15) is 28.8 Å². The molecule has 3 aliphatic heterocycles. The van der Waals surface area contributed by atoms with Crippen LogP contribution in [0.1, 0.15) is 33.1 Å². The molecular formula is C34H42N6O8S. The van der Waals surface area contributed by atoms with E-state index in [1.165, 1.54) is 14.2 Å². The van der Waals surface area contributed by atoms with Gasteiger partial charge in [0.1, 0.15) is 18.1 Å². The molecule has 0 unspecified atom stereocenters. The molecule has 0 aromatic heterocycles. The summed E-state index contributed by atoms with van der Waals surface area (Å²) < 4.78 is 9.29. The van der Waals surface area contributed by atoms with Gasteiger partial charge < -0.3 is 40.5 Å². The van der Waals surface area contributed by atoms with Crippen molar-refractivity contribution in [1.29, 1.82) is 0 Å². The molecule has 6 amide bonds. The smallest absolute Gasteiger partial charge is 0.407 e. The molecule has 0 radical (unpaired) electrons. The van der Waals surface area contributed by atoms with Gasteiger partial charge in [0.2, 0.25) is 23.6 Å². The van der Waals surface area contributed by atoms with Gasteiger partial charge in [0.15, 0.2) is 0 Å². The number of alkyl carbamates (subject to hydrolysis) is 2. The standard InChI is InChI=1S/C34H42N6O8S/c1-19(2)28(38-34(46)48-4)32(44)39-16-15-22(17-39)29(41)35-23-9-5-20(6-10-23)21-7-11-24(12-8-21)36-30(42)26-18-49-27-14-13-25(31(43)40(26)27)37-33(45)47-3/h5-12,19,22,25-28H,13-18H2,1-4H3,(H,35,41)(H,36,42)(H,37,45)(H,38,46)/t22-,25-,26+,27-,28-/m0/s1. The second-order valence-corrected chi connectivity index (χ2v) is 13.8. The number of amides is 6. The van der Waals surface area contributed by atoms with Crippen LogP contribution in [0.2, 0.25) is 0 Å². The zero-order valence-electron chi connectivity index (χ0n) is 27.9. The zero-order valence-corrected chi connectivity index (χ0v) is 28.7. The molecule has 0 saturated carbocycles. The molecule has 49 heavy (non-hydrogen) atoms. The fraction of sp³-hybridized carbons (Fsp3) is 0.471. The van der Waals surface area contributed by atoms with Crippen molar-refractivity contribution in [2.45, 2.75) is 56.6 Å². The first-order valence-electron chi connectivity index (χ1n) is 16.2. The van der Waals surface area contributed by atoms with Crippen LogP contribution in [-0.2, 0) is 28.7 Å². The Balaban J connectivity index is 1.13. The minimum atomic E-state index is -0.738. The second kappa shape index (κ2) is 15.6. The number of anilines is 2. The first-order chi connectivity index (χ1) is 23.5. The van der Waals surface area contributed by atoms with Gasteiger partial charge in [-0.2, -0.15) is 0 Å². The number of hydrogen-bond donors (Lipinski definition) is 4. The predicted molar refractivity (Wildman–Crippen MR) is 183 cm³/mol. The third kappa shape index (κ3) is 8.27. The van der Waals surface area contributed by atoms with Gasteiger partial charge in [-0.1, -0.05) is 38.1 Å². The van der Waals surface area contributed by atoms with Crippen molar-refractivity contribution in [1.82, 2.24) is 20.4 Å². The Morgan fingerprint density at radius 2 is 1.41 bits per heavy atom. The summed E-state index contributed by atoms with van der Waals surface area (Å²) in [6, 6.07) is 12.6. The number of likely N-dealkylation sites (tertiary alicyclic amines) is 1. The van der Waals surface area contributed by atoms with E-state index >= 15 is 0 Å². The van der Waals surface area contributed by atoms with Crippen molar-refractivity contribution in [2.24, 2.45) is 11.8 Å². The molecule has 3 heterocycles. The molecular weight excluding hydrogens is 652 g/mol. The summed E-state index contributed by atoms with van der Waals surface area (Å²) >= 11 is 1.56. The monoisotopic (exact) mass is 694 g/mol. The van der Waals surface area contributed by atoms with E-state index in [-0.39, 0.29) is 47.4 Å². The summed E-state index contributed by atoms with van der Waals surface area (Å²) in [6.07, 6.45) is 0.324. The van der Waals surface area contributed by atoms with E-state index in [1.807, 2.05) is 50.2 Å². The SMILES string of the molecule is COC(=O)N[C@H]1CC[C@@H]2SC[C@H](C(=O)Nc3ccc(-c4ccc(NC(=O)[C@H]5CCN(C(=O)[C@@H](NC(=O)OC)C(C)C)C5)cc4)cc3)N2C1=O. The molecule has 0 aliphatic carbocycles. The number of hydrogen-bond acceptors (Lipinski definition) is 9. The van der Waals surface area contributed by atoms with E-state index in [0.29, 0.717) is 42.9 Å². The van der Waals surface area contributed by atoms with Crippen LogP contribution >= 0.6 is 11.8 Å². The maximum Gasteiger partial charge on any atom is 0.407 e. The highest BCUT2D eigenvalue weighted by molar-refractivity contribution is 8.00. The molecule has 262 valence electrons. The van der Waals surface area contributed by atoms with Gasteiger partial charge in [-0.25, -0.2) is 9.59 Å². The molecule has 5 rings (SSSR count). The van der Waals surface area contributed by atoms with Crippen LogP contribution in [0.25, 0.3) is 11.1 Å². The molecule has 2 aromatic carbocycles. The number of carbonyl (C=O) groups excluding carboxylic acids is 6. The van der Waals surface area contributed by atoms with Gasteiger partial charge >= 0.3 is 12.2 Å². The number of benzene rings is 2. The minimum absolute atomic E-state index is 0.106. The second-order valence-electron chi connectivity index (χ2n) is 12.6. The molecule has 3 aliphatic rings. The number of ether oxygens (including phenoxy) is 2. The normalized spacial score (nSPS) is 22.2. The molecule has 0 spiro atoms. The average molecular weight is 695 g/mol. The first kappa shape index (κ1) is 35.5. The van der Waals surface area contributed by atoms with Crippen molar-refractivity contribution in [3.63, 3.8) is 0 Å². The Morgan fingerprint density at radius 1 is 0.816 bits per heavy atom. The van der Waals surface area contributed by atoms with Gasteiger partial charge in [-0.15, -0.1) is 11.8 Å². The highest BCUT2D eigenvalue weighted by Gasteiger charge is 2.47. The fourth-order valence-electron chi connectivity index (χ4n) is 6.26. The van der Waals surface area contributed by atoms with Crippen molar-refractivity contribution in [3.05, 3.63) is 48.5 Å². The Morgan fingerprint density at radius 3 is 1.98 bits per heavy atom. The number of thioether (sulfide) groups is 1. The average Bonchev–Trinajstić information content (AvgIpc) is 3.77. The number of nitrogens with one attached hydrogen (secondary N) is 4. The number of fused-ring (bicyclic) bond motifs is 1. The topological polar surface area (TPSA) is 175 Å². The summed E-state index contributed by atoms with van der Waals surface area (Å²) in [4.78, 5) is 79.0. The molecule has 2 aromatic rings. The lowest BCUT2D eigenvalue weighted by molar-refractivity contribution is -0.142. The largest absolute Gasteiger partial charge is 0.453 e. The number of carbonyl (C=O) groups is 6. The quantitative estimate of drug-likeness (QED) is 0.307. The fourth-order valence-corrected chi connectivity index (χ4v) is 7.69. The summed E-state index contributed by atoms with van der Waals surface area (Å²) in [5.74, 6) is -1.05. The Bertz CT molecular complexity index is 1570. The summed E-state index contributed by atoms with van der Waals surface area (Å²) in [6.45, 7) is 4.36. The van der Waals surface area contributed by atoms with Crippen molar-refractivity contribution < 1.29 is 38.2 Å². The molecule has 14 nitrogen and oxygen atoms in total. The van der Waals surface area contributed by atoms with Crippen LogP contribution in [0.15, 0.2) is 48.5 Å². The van der Waals surface area contributed by atoms with Crippen molar-refractivity contribution in [3.8, 4) is 11.1 Å². The number of piperidine rings is 1. The lowest BCUT2D eigenvalue weighted by Gasteiger charge is -2.36. The van der Waals surface area contributed by atoms with Gasteiger partial charge in [-0.05, 0) is 60.6 Å². The van der Waals surface area contributed by atoms with Crippen LogP contribution in [0.4, 0.5) is 21.0 Å². The van der Waals surface area contributed by atoms with Crippen LogP contribution in [0.5, 0.6) is 0 Å². The Hall–Kier alpha value is -4.79. The van der Waals surface area contributed by atoms with Crippen molar-refractivity contribution in [2.75, 3.05) is 43.7 Å². The lowest BCUT2D eigenvalue weighted by atomic mass is 10.0. The maximum absolute atomic E-state index is 13.2. The van der Waals surface area contributed by atoms with E-state index < -0.39 is 30.3 Å².